The highest BCUT2D eigenvalue weighted by molar-refractivity contribution is 7.07. The van der Waals surface area contributed by atoms with Crippen LogP contribution in [0.5, 0.6) is 0 Å². The normalized spacial score (nSPS) is 14.6. The van der Waals surface area contributed by atoms with Crippen LogP contribution in [0.15, 0.2) is 41.1 Å². The van der Waals surface area contributed by atoms with Crippen molar-refractivity contribution >= 4 is 28.7 Å². The van der Waals surface area contributed by atoms with Crippen LogP contribution in [0.3, 0.4) is 0 Å². The van der Waals surface area contributed by atoms with Crippen molar-refractivity contribution in [3.05, 3.63) is 57.2 Å². The predicted molar refractivity (Wildman–Crippen MR) is 88.2 cm³/mol. The van der Waals surface area contributed by atoms with Gasteiger partial charge in [0.25, 0.3) is 0 Å². The molecule has 0 amide bonds. The third kappa shape index (κ3) is 4.16. The van der Waals surface area contributed by atoms with Crippen molar-refractivity contribution in [1.29, 1.82) is 0 Å². The highest BCUT2D eigenvalue weighted by Gasteiger charge is 2.29. The SMILES string of the molecule is O=C(CCN(Cc1ccsc1)C1CC1)c1ccc(Cl)cc1. The van der Waals surface area contributed by atoms with Crippen molar-refractivity contribution in [3.63, 3.8) is 0 Å². The largest absolute Gasteiger partial charge is 0.296 e. The Morgan fingerprint density at radius 2 is 2.00 bits per heavy atom. The highest BCUT2D eigenvalue weighted by atomic mass is 35.5. The molecule has 1 aromatic carbocycles. The summed E-state index contributed by atoms with van der Waals surface area (Å²) in [6.07, 6.45) is 3.10. The van der Waals surface area contributed by atoms with Gasteiger partial charge >= 0.3 is 0 Å². The zero-order chi connectivity index (χ0) is 14.7. The van der Waals surface area contributed by atoms with Gasteiger partial charge in [-0.25, -0.2) is 0 Å². The molecule has 1 fully saturated rings. The van der Waals surface area contributed by atoms with Gasteiger partial charge < -0.3 is 0 Å². The lowest BCUT2D eigenvalue weighted by Crippen LogP contribution is -2.28. The lowest BCUT2D eigenvalue weighted by Gasteiger charge is -2.21. The monoisotopic (exact) mass is 319 g/mol. The van der Waals surface area contributed by atoms with E-state index in [1.165, 1.54) is 18.4 Å². The second-order valence-electron chi connectivity index (χ2n) is 5.51. The van der Waals surface area contributed by atoms with Gasteiger partial charge in [-0.15, -0.1) is 0 Å². The van der Waals surface area contributed by atoms with E-state index in [4.69, 9.17) is 11.6 Å². The summed E-state index contributed by atoms with van der Waals surface area (Å²) in [6, 6.07) is 10.0. The number of carbonyl (C=O) groups is 1. The predicted octanol–water partition coefficient (Wildman–Crippen LogP) is 4.64. The molecule has 1 saturated carbocycles. The van der Waals surface area contributed by atoms with Gasteiger partial charge in [0.1, 0.15) is 0 Å². The molecule has 0 aliphatic heterocycles. The Hall–Kier alpha value is -1.16. The number of nitrogens with zero attached hydrogens (tertiary/aromatic N) is 1. The summed E-state index contributed by atoms with van der Waals surface area (Å²) in [4.78, 5) is 14.7. The number of hydrogen-bond acceptors (Lipinski definition) is 3. The summed E-state index contributed by atoms with van der Waals surface area (Å²) in [5.74, 6) is 0.197. The molecule has 1 aliphatic rings. The minimum atomic E-state index is 0.197. The average molecular weight is 320 g/mol. The van der Waals surface area contributed by atoms with Crippen molar-refractivity contribution in [1.82, 2.24) is 4.90 Å². The van der Waals surface area contributed by atoms with E-state index in [-0.39, 0.29) is 5.78 Å². The molecule has 110 valence electrons. The number of ketones is 1. The second kappa shape index (κ2) is 6.73. The van der Waals surface area contributed by atoms with E-state index in [2.05, 4.69) is 21.7 Å². The number of halogens is 1. The molecule has 3 rings (SSSR count). The average Bonchev–Trinajstić information content (AvgIpc) is 3.21. The molecule has 21 heavy (non-hydrogen) atoms. The first-order valence-electron chi connectivity index (χ1n) is 7.26. The summed E-state index contributed by atoms with van der Waals surface area (Å²) in [6.45, 7) is 1.80. The van der Waals surface area contributed by atoms with Gasteiger partial charge in [0.05, 0.1) is 0 Å². The van der Waals surface area contributed by atoms with Crippen molar-refractivity contribution in [2.75, 3.05) is 6.54 Å². The third-order valence-corrected chi connectivity index (χ3v) is 4.81. The summed E-state index contributed by atoms with van der Waals surface area (Å²) in [7, 11) is 0. The number of hydrogen-bond donors (Lipinski definition) is 0. The fraction of sp³-hybridized carbons (Fsp3) is 0.353. The van der Waals surface area contributed by atoms with Crippen LogP contribution in [0.1, 0.15) is 35.2 Å². The van der Waals surface area contributed by atoms with E-state index < -0.39 is 0 Å². The van der Waals surface area contributed by atoms with Crippen LogP contribution >= 0.6 is 22.9 Å². The quantitative estimate of drug-likeness (QED) is 0.693. The molecule has 0 radical (unpaired) electrons. The van der Waals surface area contributed by atoms with Crippen molar-refractivity contribution < 1.29 is 4.79 Å². The number of thiophene rings is 1. The summed E-state index contributed by atoms with van der Waals surface area (Å²) < 4.78 is 0. The Kier molecular flexibility index (Phi) is 4.73. The molecule has 0 spiro atoms. The van der Waals surface area contributed by atoms with Gasteiger partial charge in [-0.3, -0.25) is 9.69 Å². The lowest BCUT2D eigenvalue weighted by molar-refractivity contribution is 0.0960. The maximum atomic E-state index is 12.2. The molecule has 0 bridgehead atoms. The summed E-state index contributed by atoms with van der Waals surface area (Å²) in [5.41, 5.74) is 2.11. The van der Waals surface area contributed by atoms with Crippen LogP contribution < -0.4 is 0 Å². The molecule has 2 aromatic rings. The molecular formula is C17H18ClNOS. The zero-order valence-corrected chi connectivity index (χ0v) is 13.4. The molecule has 4 heteroatoms. The fourth-order valence-corrected chi connectivity index (χ4v) is 3.26. The van der Waals surface area contributed by atoms with E-state index in [1.54, 1.807) is 23.5 Å². The number of carbonyl (C=O) groups excluding carboxylic acids is 1. The van der Waals surface area contributed by atoms with Crippen LogP contribution in [0.4, 0.5) is 0 Å². The Morgan fingerprint density at radius 3 is 2.62 bits per heavy atom. The van der Waals surface area contributed by atoms with E-state index in [0.717, 1.165) is 18.7 Å². The van der Waals surface area contributed by atoms with Crippen LogP contribution in [0.25, 0.3) is 0 Å². The Balaban J connectivity index is 1.56. The topological polar surface area (TPSA) is 20.3 Å². The first kappa shape index (κ1) is 14.8. The molecule has 0 N–H and O–H groups in total. The van der Waals surface area contributed by atoms with Crippen LogP contribution in [-0.2, 0) is 6.54 Å². The van der Waals surface area contributed by atoms with Crippen LogP contribution in [-0.4, -0.2) is 23.3 Å². The first-order valence-corrected chi connectivity index (χ1v) is 8.58. The number of benzene rings is 1. The second-order valence-corrected chi connectivity index (χ2v) is 6.73. The number of rotatable bonds is 7. The van der Waals surface area contributed by atoms with Crippen molar-refractivity contribution in [2.24, 2.45) is 0 Å². The summed E-state index contributed by atoms with van der Waals surface area (Å²) >= 11 is 7.58. The van der Waals surface area contributed by atoms with Crippen LogP contribution in [0, 0.1) is 0 Å². The molecule has 1 aromatic heterocycles. The Labute approximate surface area is 134 Å². The molecule has 1 aliphatic carbocycles. The lowest BCUT2D eigenvalue weighted by atomic mass is 10.1. The van der Waals surface area contributed by atoms with Crippen LogP contribution in [0.2, 0.25) is 5.02 Å². The molecule has 2 nitrogen and oxygen atoms in total. The first-order chi connectivity index (χ1) is 10.2. The third-order valence-electron chi connectivity index (χ3n) is 3.82. The zero-order valence-electron chi connectivity index (χ0n) is 11.8. The van der Waals surface area contributed by atoms with Gasteiger partial charge in [0, 0.05) is 36.1 Å². The molecule has 0 unspecified atom stereocenters. The standard InChI is InChI=1S/C17H18ClNOS/c18-15-3-1-14(2-4-15)17(20)7-9-19(16-5-6-16)11-13-8-10-21-12-13/h1-4,8,10,12,16H,5-7,9,11H2. The van der Waals surface area contributed by atoms with Gasteiger partial charge in [0.15, 0.2) is 5.78 Å². The van der Waals surface area contributed by atoms with Gasteiger partial charge in [-0.05, 0) is 59.5 Å². The van der Waals surface area contributed by atoms with E-state index in [0.29, 0.717) is 17.5 Å². The maximum Gasteiger partial charge on any atom is 0.164 e. The van der Waals surface area contributed by atoms with E-state index in [9.17, 15) is 4.79 Å². The van der Waals surface area contributed by atoms with Gasteiger partial charge in [-0.1, -0.05) is 11.6 Å². The van der Waals surface area contributed by atoms with Gasteiger partial charge in [0.2, 0.25) is 0 Å². The Morgan fingerprint density at radius 1 is 1.24 bits per heavy atom. The van der Waals surface area contributed by atoms with E-state index >= 15 is 0 Å². The fourth-order valence-electron chi connectivity index (χ4n) is 2.47. The minimum Gasteiger partial charge on any atom is -0.296 e. The summed E-state index contributed by atoms with van der Waals surface area (Å²) in [5, 5.41) is 4.97. The molecule has 0 atom stereocenters. The smallest absolute Gasteiger partial charge is 0.164 e. The Bertz CT molecular complexity index is 590. The van der Waals surface area contributed by atoms with E-state index in [1.807, 2.05) is 12.1 Å². The van der Waals surface area contributed by atoms with Gasteiger partial charge in [-0.2, -0.15) is 11.3 Å². The van der Waals surface area contributed by atoms with Crippen molar-refractivity contribution in [2.45, 2.75) is 31.8 Å². The molecule has 1 heterocycles. The highest BCUT2D eigenvalue weighted by Crippen LogP contribution is 2.29. The molecular weight excluding hydrogens is 302 g/mol. The molecule has 0 saturated heterocycles. The maximum absolute atomic E-state index is 12.2. The van der Waals surface area contributed by atoms with Crippen molar-refractivity contribution in [3.8, 4) is 0 Å². The minimum absolute atomic E-state index is 0.197. The number of Topliss-reactive ketones (excluding diaryl/α,β-unsaturated/α-hetero) is 1.